The van der Waals surface area contributed by atoms with Gasteiger partial charge in [0, 0.05) is 16.3 Å². The number of nitrogens with zero attached hydrogens (tertiary/aromatic N) is 1. The molecule has 0 aliphatic carbocycles. The number of H-pyrrole nitrogens is 1. The van der Waals surface area contributed by atoms with Gasteiger partial charge < -0.3 is 10.7 Å². The van der Waals surface area contributed by atoms with Crippen molar-refractivity contribution in [3.8, 4) is 0 Å². The van der Waals surface area contributed by atoms with E-state index in [1.165, 1.54) is 0 Å². The molecular formula is C15H11N3. The van der Waals surface area contributed by atoms with Gasteiger partial charge in [0.1, 0.15) is 5.82 Å². The fourth-order valence-electron chi connectivity index (χ4n) is 2.58. The number of anilines is 1. The maximum atomic E-state index is 6.10. The molecule has 86 valence electrons. The summed E-state index contributed by atoms with van der Waals surface area (Å²) in [6.07, 6.45) is 0. The van der Waals surface area contributed by atoms with E-state index in [0.29, 0.717) is 5.82 Å². The van der Waals surface area contributed by atoms with Gasteiger partial charge in [0.2, 0.25) is 0 Å². The maximum Gasteiger partial charge on any atom is 0.134 e. The van der Waals surface area contributed by atoms with Crippen molar-refractivity contribution in [3.05, 3.63) is 48.5 Å². The number of aromatic amines is 1. The van der Waals surface area contributed by atoms with Crippen LogP contribution in [0, 0.1) is 0 Å². The number of benzene rings is 2. The molecule has 3 heteroatoms. The Bertz CT molecular complexity index is 890. The molecular weight excluding hydrogens is 222 g/mol. The van der Waals surface area contributed by atoms with E-state index in [0.717, 1.165) is 32.7 Å². The van der Waals surface area contributed by atoms with Gasteiger partial charge in [0.05, 0.1) is 16.4 Å². The van der Waals surface area contributed by atoms with E-state index >= 15 is 0 Å². The summed E-state index contributed by atoms with van der Waals surface area (Å²) in [6, 6.07) is 16.2. The van der Waals surface area contributed by atoms with Crippen molar-refractivity contribution in [2.24, 2.45) is 0 Å². The Morgan fingerprint density at radius 1 is 0.889 bits per heavy atom. The second-order valence-electron chi connectivity index (χ2n) is 4.43. The monoisotopic (exact) mass is 233 g/mol. The first-order valence-electron chi connectivity index (χ1n) is 5.89. The summed E-state index contributed by atoms with van der Waals surface area (Å²) in [7, 11) is 0. The third-order valence-corrected chi connectivity index (χ3v) is 3.38. The summed E-state index contributed by atoms with van der Waals surface area (Å²) in [4.78, 5) is 7.93. The average molecular weight is 233 g/mol. The molecule has 2 aromatic carbocycles. The van der Waals surface area contributed by atoms with Crippen molar-refractivity contribution in [3.63, 3.8) is 0 Å². The van der Waals surface area contributed by atoms with E-state index in [9.17, 15) is 0 Å². The molecule has 3 N–H and O–H groups in total. The van der Waals surface area contributed by atoms with Gasteiger partial charge in [-0.1, -0.05) is 36.4 Å². The zero-order chi connectivity index (χ0) is 12.1. The number of pyridine rings is 1. The normalized spacial score (nSPS) is 11.6. The van der Waals surface area contributed by atoms with Gasteiger partial charge in [0.15, 0.2) is 0 Å². The molecule has 2 heterocycles. The van der Waals surface area contributed by atoms with Gasteiger partial charge in [-0.25, -0.2) is 4.98 Å². The summed E-state index contributed by atoms with van der Waals surface area (Å²) < 4.78 is 0. The third kappa shape index (κ3) is 1.10. The maximum absolute atomic E-state index is 6.10. The predicted octanol–water partition coefficient (Wildman–Crippen LogP) is 3.45. The minimum Gasteiger partial charge on any atom is -0.383 e. The number of aromatic nitrogens is 2. The minimum atomic E-state index is 0.584. The third-order valence-electron chi connectivity index (χ3n) is 3.38. The summed E-state index contributed by atoms with van der Waals surface area (Å²) in [6.45, 7) is 0. The van der Waals surface area contributed by atoms with Crippen molar-refractivity contribution >= 4 is 38.5 Å². The van der Waals surface area contributed by atoms with Crippen LogP contribution in [-0.4, -0.2) is 9.97 Å². The van der Waals surface area contributed by atoms with Gasteiger partial charge in [-0.3, -0.25) is 0 Å². The SMILES string of the molecule is Nc1nc2ccccc2c2[nH]c3ccccc3c12. The lowest BCUT2D eigenvalue weighted by Crippen LogP contribution is -1.92. The Balaban J connectivity index is 2.38. The Hall–Kier alpha value is -2.55. The number of rotatable bonds is 0. The molecule has 0 aliphatic rings. The Kier molecular flexibility index (Phi) is 1.70. The van der Waals surface area contributed by atoms with Gasteiger partial charge in [-0.2, -0.15) is 0 Å². The molecule has 0 aliphatic heterocycles. The van der Waals surface area contributed by atoms with E-state index in [-0.39, 0.29) is 0 Å². The molecule has 0 radical (unpaired) electrons. The highest BCUT2D eigenvalue weighted by Gasteiger charge is 2.11. The van der Waals surface area contributed by atoms with Crippen molar-refractivity contribution in [1.82, 2.24) is 9.97 Å². The number of hydrogen-bond donors (Lipinski definition) is 2. The first-order chi connectivity index (χ1) is 8.84. The molecule has 0 spiro atoms. The smallest absolute Gasteiger partial charge is 0.134 e. The van der Waals surface area contributed by atoms with Crippen LogP contribution in [0.2, 0.25) is 0 Å². The fraction of sp³-hybridized carbons (Fsp3) is 0. The lowest BCUT2D eigenvalue weighted by Gasteiger charge is -2.01. The standard InChI is InChI=1S/C15H11N3/c16-15-13-9-5-1-3-7-11(9)17-14(13)10-6-2-4-8-12(10)18-15/h1-8,17H,(H2,16,18). The second kappa shape index (κ2) is 3.23. The second-order valence-corrected chi connectivity index (χ2v) is 4.43. The molecule has 0 bridgehead atoms. The quantitative estimate of drug-likeness (QED) is 0.488. The first-order valence-corrected chi connectivity index (χ1v) is 5.89. The van der Waals surface area contributed by atoms with Crippen molar-refractivity contribution in [2.75, 3.05) is 5.73 Å². The summed E-state index contributed by atoms with van der Waals surface area (Å²) in [5.74, 6) is 0.584. The fourth-order valence-corrected chi connectivity index (χ4v) is 2.58. The van der Waals surface area contributed by atoms with E-state index in [1.54, 1.807) is 0 Å². The van der Waals surface area contributed by atoms with Crippen LogP contribution in [0.3, 0.4) is 0 Å². The predicted molar refractivity (Wildman–Crippen MR) is 75.5 cm³/mol. The van der Waals surface area contributed by atoms with Crippen LogP contribution >= 0.6 is 0 Å². The van der Waals surface area contributed by atoms with Crippen molar-refractivity contribution in [2.45, 2.75) is 0 Å². The van der Waals surface area contributed by atoms with Crippen LogP contribution in [0.15, 0.2) is 48.5 Å². The average Bonchev–Trinajstić information content (AvgIpc) is 2.79. The lowest BCUT2D eigenvalue weighted by molar-refractivity contribution is 1.44. The molecule has 0 amide bonds. The topological polar surface area (TPSA) is 54.7 Å². The Morgan fingerprint density at radius 2 is 1.61 bits per heavy atom. The van der Waals surface area contributed by atoms with E-state index in [2.05, 4.69) is 28.2 Å². The van der Waals surface area contributed by atoms with Crippen LogP contribution in [0.25, 0.3) is 32.7 Å². The first kappa shape index (κ1) is 9.48. The van der Waals surface area contributed by atoms with Crippen molar-refractivity contribution in [1.29, 1.82) is 0 Å². The van der Waals surface area contributed by atoms with E-state index < -0.39 is 0 Å². The highest BCUT2D eigenvalue weighted by atomic mass is 14.9. The molecule has 4 aromatic rings. The lowest BCUT2D eigenvalue weighted by atomic mass is 10.1. The summed E-state index contributed by atoms with van der Waals surface area (Å²) in [5, 5.41) is 3.26. The zero-order valence-electron chi connectivity index (χ0n) is 9.64. The number of nitrogens with one attached hydrogen (secondary N) is 1. The number of nitrogens with two attached hydrogens (primary N) is 1. The minimum absolute atomic E-state index is 0.584. The molecule has 3 nitrogen and oxygen atoms in total. The number of hydrogen-bond acceptors (Lipinski definition) is 2. The highest BCUT2D eigenvalue weighted by Crippen LogP contribution is 2.33. The van der Waals surface area contributed by atoms with Crippen molar-refractivity contribution < 1.29 is 0 Å². The van der Waals surface area contributed by atoms with Crippen LogP contribution in [0.5, 0.6) is 0 Å². The van der Waals surface area contributed by atoms with E-state index in [1.807, 2.05) is 30.3 Å². The Labute approximate surface area is 103 Å². The summed E-state index contributed by atoms with van der Waals surface area (Å²) >= 11 is 0. The highest BCUT2D eigenvalue weighted by molar-refractivity contribution is 6.19. The van der Waals surface area contributed by atoms with Crippen LogP contribution in [0.4, 0.5) is 5.82 Å². The molecule has 4 rings (SSSR count). The molecule has 18 heavy (non-hydrogen) atoms. The van der Waals surface area contributed by atoms with Gasteiger partial charge in [-0.05, 0) is 12.1 Å². The zero-order valence-corrected chi connectivity index (χ0v) is 9.64. The number of fused-ring (bicyclic) bond motifs is 5. The van der Waals surface area contributed by atoms with Gasteiger partial charge >= 0.3 is 0 Å². The molecule has 0 fully saturated rings. The van der Waals surface area contributed by atoms with Crippen LogP contribution in [0.1, 0.15) is 0 Å². The molecule has 2 aromatic heterocycles. The molecule has 0 unspecified atom stereocenters. The van der Waals surface area contributed by atoms with Crippen LogP contribution < -0.4 is 5.73 Å². The molecule has 0 saturated heterocycles. The van der Waals surface area contributed by atoms with E-state index in [4.69, 9.17) is 5.73 Å². The Morgan fingerprint density at radius 3 is 2.50 bits per heavy atom. The largest absolute Gasteiger partial charge is 0.383 e. The number of nitrogen functional groups attached to an aromatic ring is 1. The van der Waals surface area contributed by atoms with Gasteiger partial charge in [0.25, 0.3) is 0 Å². The molecule has 0 saturated carbocycles. The molecule has 0 atom stereocenters. The number of para-hydroxylation sites is 2. The van der Waals surface area contributed by atoms with Crippen LogP contribution in [-0.2, 0) is 0 Å². The van der Waals surface area contributed by atoms with Gasteiger partial charge in [-0.15, -0.1) is 0 Å². The summed E-state index contributed by atoms with van der Waals surface area (Å²) in [5.41, 5.74) is 9.19.